The standard InChI is InChI=1S/C18H34N2O/c1-20(12-15-10-17(21)11-15)14-18(13-19-16-6-7-16)8-4-2-3-5-9-18/h15-17,19,21H,2-14H2,1H3. The quantitative estimate of drug-likeness (QED) is 0.709. The minimum atomic E-state index is -0.00762. The van der Waals surface area contributed by atoms with Crippen LogP contribution in [-0.4, -0.2) is 48.8 Å². The third-order valence-corrected chi connectivity index (χ3v) is 5.89. The molecular weight excluding hydrogens is 260 g/mol. The van der Waals surface area contributed by atoms with E-state index in [1.54, 1.807) is 0 Å². The molecule has 0 atom stereocenters. The molecule has 0 aromatic rings. The van der Waals surface area contributed by atoms with E-state index in [1.165, 1.54) is 71.0 Å². The van der Waals surface area contributed by atoms with Crippen molar-refractivity contribution in [3.8, 4) is 0 Å². The Balaban J connectivity index is 1.51. The third-order valence-electron chi connectivity index (χ3n) is 5.89. The second-order valence-electron chi connectivity index (χ2n) is 8.26. The number of nitrogens with one attached hydrogen (secondary N) is 1. The Hall–Kier alpha value is -0.120. The molecule has 0 saturated heterocycles. The highest BCUT2D eigenvalue weighted by atomic mass is 16.3. The maximum absolute atomic E-state index is 9.46. The molecule has 3 aliphatic carbocycles. The van der Waals surface area contributed by atoms with Crippen molar-refractivity contribution < 1.29 is 5.11 Å². The second-order valence-corrected chi connectivity index (χ2v) is 8.26. The molecule has 0 spiro atoms. The van der Waals surface area contributed by atoms with Gasteiger partial charge in [0.2, 0.25) is 0 Å². The molecule has 0 aliphatic heterocycles. The van der Waals surface area contributed by atoms with Gasteiger partial charge in [-0.2, -0.15) is 0 Å². The van der Waals surface area contributed by atoms with Crippen molar-refractivity contribution in [3.63, 3.8) is 0 Å². The van der Waals surface area contributed by atoms with Gasteiger partial charge in [0, 0.05) is 25.7 Å². The van der Waals surface area contributed by atoms with E-state index < -0.39 is 0 Å². The fourth-order valence-electron chi connectivity index (χ4n) is 4.45. The third kappa shape index (κ3) is 4.67. The van der Waals surface area contributed by atoms with Gasteiger partial charge in [-0.05, 0) is 56.9 Å². The lowest BCUT2D eigenvalue weighted by Gasteiger charge is -2.40. The van der Waals surface area contributed by atoms with E-state index in [-0.39, 0.29) is 6.10 Å². The molecule has 2 N–H and O–H groups in total. The molecule has 3 nitrogen and oxygen atoms in total. The molecule has 0 unspecified atom stereocenters. The zero-order chi connectivity index (χ0) is 14.7. The van der Waals surface area contributed by atoms with Crippen LogP contribution in [0.3, 0.4) is 0 Å². The summed E-state index contributed by atoms with van der Waals surface area (Å²) in [6, 6.07) is 0.831. The van der Waals surface area contributed by atoms with Crippen LogP contribution in [0.25, 0.3) is 0 Å². The summed E-state index contributed by atoms with van der Waals surface area (Å²) < 4.78 is 0. The number of rotatable bonds is 7. The van der Waals surface area contributed by atoms with Crippen molar-refractivity contribution in [1.82, 2.24) is 10.2 Å². The summed E-state index contributed by atoms with van der Waals surface area (Å²) in [7, 11) is 2.30. The van der Waals surface area contributed by atoms with E-state index in [9.17, 15) is 5.11 Å². The average molecular weight is 294 g/mol. The van der Waals surface area contributed by atoms with Gasteiger partial charge in [0.25, 0.3) is 0 Å². The predicted molar refractivity (Wildman–Crippen MR) is 87.4 cm³/mol. The van der Waals surface area contributed by atoms with E-state index in [0.717, 1.165) is 24.8 Å². The predicted octanol–water partition coefficient (Wildman–Crippen LogP) is 2.78. The molecule has 3 aliphatic rings. The highest BCUT2D eigenvalue weighted by molar-refractivity contribution is 4.91. The Kier molecular flexibility index (Phi) is 5.23. The van der Waals surface area contributed by atoms with Gasteiger partial charge in [-0.25, -0.2) is 0 Å². The van der Waals surface area contributed by atoms with E-state index in [0.29, 0.717) is 5.41 Å². The van der Waals surface area contributed by atoms with E-state index in [1.807, 2.05) is 0 Å². The first-order chi connectivity index (χ1) is 10.2. The lowest BCUT2D eigenvalue weighted by Crippen LogP contribution is -2.46. The Morgan fingerprint density at radius 3 is 2.33 bits per heavy atom. The minimum Gasteiger partial charge on any atom is -0.393 e. The normalized spacial score (nSPS) is 32.7. The van der Waals surface area contributed by atoms with Gasteiger partial charge in [0.05, 0.1) is 6.10 Å². The maximum Gasteiger partial charge on any atom is 0.0546 e. The molecule has 3 heteroatoms. The van der Waals surface area contributed by atoms with Crippen molar-refractivity contribution in [2.45, 2.75) is 76.4 Å². The Labute approximate surface area is 130 Å². The molecule has 0 radical (unpaired) electrons. The van der Waals surface area contributed by atoms with Crippen LogP contribution >= 0.6 is 0 Å². The molecule has 122 valence electrons. The Bertz CT molecular complexity index is 315. The first kappa shape index (κ1) is 15.8. The van der Waals surface area contributed by atoms with Crippen molar-refractivity contribution in [1.29, 1.82) is 0 Å². The molecular formula is C18H34N2O. The Morgan fingerprint density at radius 2 is 1.76 bits per heavy atom. The zero-order valence-corrected chi connectivity index (χ0v) is 13.8. The van der Waals surface area contributed by atoms with Gasteiger partial charge >= 0.3 is 0 Å². The molecule has 0 amide bonds. The first-order valence-corrected chi connectivity index (χ1v) is 9.25. The summed E-state index contributed by atoms with van der Waals surface area (Å²) in [5.74, 6) is 0.740. The molecule has 3 fully saturated rings. The van der Waals surface area contributed by atoms with E-state index in [4.69, 9.17) is 0 Å². The molecule has 0 heterocycles. The van der Waals surface area contributed by atoms with Crippen molar-refractivity contribution in [3.05, 3.63) is 0 Å². The van der Waals surface area contributed by atoms with Gasteiger partial charge in [0.1, 0.15) is 0 Å². The summed E-state index contributed by atoms with van der Waals surface area (Å²) in [5.41, 5.74) is 0.510. The molecule has 0 bridgehead atoms. The van der Waals surface area contributed by atoms with Crippen molar-refractivity contribution in [2.75, 3.05) is 26.7 Å². The average Bonchev–Trinajstić information content (AvgIpc) is 3.22. The minimum absolute atomic E-state index is 0.00762. The summed E-state index contributed by atoms with van der Waals surface area (Å²) in [6.45, 7) is 3.66. The number of aliphatic hydroxyl groups is 1. The van der Waals surface area contributed by atoms with Crippen LogP contribution in [-0.2, 0) is 0 Å². The number of aliphatic hydroxyl groups excluding tert-OH is 1. The molecule has 3 rings (SSSR count). The van der Waals surface area contributed by atoms with E-state index >= 15 is 0 Å². The molecule has 3 saturated carbocycles. The lowest BCUT2D eigenvalue weighted by atomic mass is 9.78. The largest absolute Gasteiger partial charge is 0.393 e. The topological polar surface area (TPSA) is 35.5 Å². The highest BCUT2D eigenvalue weighted by Gasteiger charge is 2.35. The summed E-state index contributed by atoms with van der Waals surface area (Å²) >= 11 is 0. The number of hydrogen-bond acceptors (Lipinski definition) is 3. The van der Waals surface area contributed by atoms with Crippen LogP contribution in [0.4, 0.5) is 0 Å². The fourth-order valence-corrected chi connectivity index (χ4v) is 4.45. The van der Waals surface area contributed by atoms with Crippen LogP contribution in [0.2, 0.25) is 0 Å². The summed E-state index contributed by atoms with van der Waals surface area (Å²) in [4.78, 5) is 2.57. The number of hydrogen-bond donors (Lipinski definition) is 2. The monoisotopic (exact) mass is 294 g/mol. The maximum atomic E-state index is 9.46. The van der Waals surface area contributed by atoms with Crippen LogP contribution < -0.4 is 5.32 Å². The summed E-state index contributed by atoms with van der Waals surface area (Å²) in [5, 5.41) is 13.3. The van der Waals surface area contributed by atoms with Crippen LogP contribution in [0.15, 0.2) is 0 Å². The van der Waals surface area contributed by atoms with Gasteiger partial charge in [0.15, 0.2) is 0 Å². The fraction of sp³-hybridized carbons (Fsp3) is 1.00. The van der Waals surface area contributed by atoms with Gasteiger partial charge in [-0.1, -0.05) is 25.7 Å². The number of nitrogens with zero attached hydrogens (tertiary/aromatic N) is 1. The van der Waals surface area contributed by atoms with Gasteiger partial charge < -0.3 is 15.3 Å². The first-order valence-electron chi connectivity index (χ1n) is 9.25. The molecule has 0 aromatic carbocycles. The highest BCUT2D eigenvalue weighted by Crippen LogP contribution is 2.37. The van der Waals surface area contributed by atoms with E-state index in [2.05, 4.69) is 17.3 Å². The second kappa shape index (κ2) is 6.97. The van der Waals surface area contributed by atoms with Crippen LogP contribution in [0, 0.1) is 11.3 Å². The summed E-state index contributed by atoms with van der Waals surface area (Å²) in [6.07, 6.45) is 13.4. The van der Waals surface area contributed by atoms with Crippen molar-refractivity contribution in [2.24, 2.45) is 11.3 Å². The smallest absolute Gasteiger partial charge is 0.0546 e. The molecule has 21 heavy (non-hydrogen) atoms. The van der Waals surface area contributed by atoms with Gasteiger partial charge in [-0.3, -0.25) is 0 Å². The lowest BCUT2D eigenvalue weighted by molar-refractivity contribution is 0.0202. The zero-order valence-electron chi connectivity index (χ0n) is 13.8. The molecule has 0 aromatic heterocycles. The van der Waals surface area contributed by atoms with Crippen molar-refractivity contribution >= 4 is 0 Å². The SMILES string of the molecule is CN(CC1CC(O)C1)CC1(CNC2CC2)CCCCCC1. The van der Waals surface area contributed by atoms with Gasteiger partial charge in [-0.15, -0.1) is 0 Å². The van der Waals surface area contributed by atoms with Crippen LogP contribution in [0.5, 0.6) is 0 Å². The van der Waals surface area contributed by atoms with Crippen LogP contribution in [0.1, 0.15) is 64.2 Å². The Morgan fingerprint density at radius 1 is 1.10 bits per heavy atom.